The highest BCUT2D eigenvalue weighted by molar-refractivity contribution is 5.85. The summed E-state index contributed by atoms with van der Waals surface area (Å²) in [6.45, 7) is 5.33. The molecule has 130 valence electrons. The lowest BCUT2D eigenvalue weighted by Crippen LogP contribution is -2.39. The molecule has 1 amide bonds. The minimum Gasteiger partial charge on any atom is -0.491 e. The summed E-state index contributed by atoms with van der Waals surface area (Å²) in [5, 5.41) is 2.97. The van der Waals surface area contributed by atoms with Crippen molar-refractivity contribution >= 4 is 18.3 Å². The average Bonchev–Trinajstić information content (AvgIpc) is 2.51. The van der Waals surface area contributed by atoms with Crippen LogP contribution in [0.1, 0.15) is 51.0 Å². The highest BCUT2D eigenvalue weighted by Gasteiger charge is 2.24. The number of carbonyl (C=O) groups is 1. The highest BCUT2D eigenvalue weighted by atomic mass is 35.5. The summed E-state index contributed by atoms with van der Waals surface area (Å²) in [6, 6.07) is 8.25. The van der Waals surface area contributed by atoms with Crippen molar-refractivity contribution in [2.75, 3.05) is 13.2 Å². The fourth-order valence-electron chi connectivity index (χ4n) is 3.03. The maximum absolute atomic E-state index is 12.1. The first-order valence-corrected chi connectivity index (χ1v) is 8.33. The summed E-state index contributed by atoms with van der Waals surface area (Å²) in [5.41, 5.74) is 7.14. The Morgan fingerprint density at radius 1 is 1.35 bits per heavy atom. The van der Waals surface area contributed by atoms with Crippen LogP contribution in [0.5, 0.6) is 5.75 Å². The van der Waals surface area contributed by atoms with E-state index in [1.165, 1.54) is 5.56 Å². The molecule has 0 aliphatic heterocycles. The van der Waals surface area contributed by atoms with Crippen molar-refractivity contribution in [3.8, 4) is 5.75 Å². The molecule has 1 fully saturated rings. The first-order chi connectivity index (χ1) is 10.6. The van der Waals surface area contributed by atoms with Crippen LogP contribution >= 0.6 is 12.4 Å². The van der Waals surface area contributed by atoms with Gasteiger partial charge in [-0.1, -0.05) is 38.5 Å². The summed E-state index contributed by atoms with van der Waals surface area (Å²) in [7, 11) is 0. The van der Waals surface area contributed by atoms with Crippen molar-refractivity contribution < 1.29 is 9.53 Å². The van der Waals surface area contributed by atoms with E-state index in [0.29, 0.717) is 19.1 Å². The fraction of sp³-hybridized carbons (Fsp3) is 0.611. The van der Waals surface area contributed by atoms with Gasteiger partial charge in [-0.25, -0.2) is 0 Å². The lowest BCUT2D eigenvalue weighted by atomic mass is 9.85. The third-order valence-electron chi connectivity index (χ3n) is 4.29. The van der Waals surface area contributed by atoms with Crippen molar-refractivity contribution in [2.24, 2.45) is 11.7 Å². The van der Waals surface area contributed by atoms with E-state index < -0.39 is 0 Å². The van der Waals surface area contributed by atoms with Crippen molar-refractivity contribution in [2.45, 2.75) is 51.5 Å². The molecule has 1 aromatic carbocycles. The zero-order valence-electron chi connectivity index (χ0n) is 14.1. The Hall–Kier alpha value is -1.26. The number of hydrogen-bond donors (Lipinski definition) is 2. The van der Waals surface area contributed by atoms with Crippen LogP contribution in [0, 0.1) is 5.92 Å². The van der Waals surface area contributed by atoms with E-state index >= 15 is 0 Å². The van der Waals surface area contributed by atoms with Gasteiger partial charge in [0.2, 0.25) is 5.91 Å². The zero-order valence-corrected chi connectivity index (χ0v) is 14.9. The predicted molar refractivity (Wildman–Crippen MR) is 96.2 cm³/mol. The molecular formula is C18H29ClN2O2. The molecule has 0 radical (unpaired) electrons. The minimum atomic E-state index is 0. The van der Waals surface area contributed by atoms with Crippen LogP contribution in [-0.2, 0) is 4.79 Å². The van der Waals surface area contributed by atoms with Crippen molar-refractivity contribution in [1.29, 1.82) is 0 Å². The molecule has 0 heterocycles. The van der Waals surface area contributed by atoms with E-state index in [0.717, 1.165) is 31.4 Å². The molecule has 1 saturated carbocycles. The summed E-state index contributed by atoms with van der Waals surface area (Å²) in [5.74, 6) is 1.53. The molecule has 2 atom stereocenters. The second-order valence-electron chi connectivity index (χ2n) is 6.46. The standard InChI is InChI=1S/C18H28N2O2.ClH/c1-13(2)16-8-3-4-9-17(16)22-11-10-20-18(21)14-6-5-7-15(19)12-14;/h3-4,8-9,13-15H,5-7,10-12,19H2,1-2H3,(H,20,21);1H. The Morgan fingerprint density at radius 3 is 2.78 bits per heavy atom. The summed E-state index contributed by atoms with van der Waals surface area (Å²) in [4.78, 5) is 12.1. The molecule has 0 saturated heterocycles. The fourth-order valence-corrected chi connectivity index (χ4v) is 3.03. The molecule has 2 unspecified atom stereocenters. The predicted octanol–water partition coefficient (Wildman–Crippen LogP) is 3.24. The second-order valence-corrected chi connectivity index (χ2v) is 6.46. The third-order valence-corrected chi connectivity index (χ3v) is 4.29. The minimum absolute atomic E-state index is 0. The van der Waals surface area contributed by atoms with Crippen LogP contribution in [0.2, 0.25) is 0 Å². The van der Waals surface area contributed by atoms with E-state index in [1.807, 2.05) is 18.2 Å². The maximum atomic E-state index is 12.1. The largest absolute Gasteiger partial charge is 0.491 e. The van der Waals surface area contributed by atoms with Gasteiger partial charge in [0, 0.05) is 12.0 Å². The van der Waals surface area contributed by atoms with Gasteiger partial charge in [0.05, 0.1) is 6.54 Å². The Labute approximate surface area is 145 Å². The van der Waals surface area contributed by atoms with Crippen LogP contribution in [0.25, 0.3) is 0 Å². The molecule has 0 spiro atoms. The molecule has 1 aromatic rings. The number of benzene rings is 1. The van der Waals surface area contributed by atoms with Gasteiger partial charge in [0.1, 0.15) is 12.4 Å². The van der Waals surface area contributed by atoms with Crippen LogP contribution < -0.4 is 15.8 Å². The number of para-hydroxylation sites is 1. The number of nitrogens with one attached hydrogen (secondary N) is 1. The molecule has 3 N–H and O–H groups in total. The van der Waals surface area contributed by atoms with Gasteiger partial charge in [0.15, 0.2) is 0 Å². The molecule has 1 aliphatic carbocycles. The SMILES string of the molecule is CC(C)c1ccccc1OCCNC(=O)C1CCCC(N)C1.Cl. The lowest BCUT2D eigenvalue weighted by molar-refractivity contribution is -0.126. The number of ether oxygens (including phenoxy) is 1. The van der Waals surface area contributed by atoms with Gasteiger partial charge in [-0.2, -0.15) is 0 Å². The molecule has 0 bridgehead atoms. The lowest BCUT2D eigenvalue weighted by Gasteiger charge is -2.25. The summed E-state index contributed by atoms with van der Waals surface area (Å²) in [6.07, 6.45) is 3.86. The molecule has 2 rings (SSSR count). The Balaban J connectivity index is 0.00000264. The van der Waals surface area contributed by atoms with E-state index in [9.17, 15) is 4.79 Å². The summed E-state index contributed by atoms with van der Waals surface area (Å²) >= 11 is 0. The Morgan fingerprint density at radius 2 is 2.09 bits per heavy atom. The van der Waals surface area contributed by atoms with Gasteiger partial charge in [-0.15, -0.1) is 12.4 Å². The van der Waals surface area contributed by atoms with Crippen molar-refractivity contribution in [3.63, 3.8) is 0 Å². The van der Waals surface area contributed by atoms with Crippen LogP contribution in [0.4, 0.5) is 0 Å². The van der Waals surface area contributed by atoms with Crippen LogP contribution in [-0.4, -0.2) is 25.1 Å². The molecule has 23 heavy (non-hydrogen) atoms. The van der Waals surface area contributed by atoms with Crippen molar-refractivity contribution in [1.82, 2.24) is 5.32 Å². The molecule has 4 nitrogen and oxygen atoms in total. The van der Waals surface area contributed by atoms with Gasteiger partial charge in [-0.05, 0) is 36.8 Å². The van der Waals surface area contributed by atoms with Crippen molar-refractivity contribution in [3.05, 3.63) is 29.8 Å². The zero-order chi connectivity index (χ0) is 15.9. The van der Waals surface area contributed by atoms with Gasteiger partial charge >= 0.3 is 0 Å². The van der Waals surface area contributed by atoms with Crippen LogP contribution in [0.15, 0.2) is 24.3 Å². The van der Waals surface area contributed by atoms with Crippen LogP contribution in [0.3, 0.4) is 0 Å². The van der Waals surface area contributed by atoms with E-state index in [2.05, 4.69) is 25.2 Å². The average molecular weight is 341 g/mol. The van der Waals surface area contributed by atoms with E-state index in [1.54, 1.807) is 0 Å². The smallest absolute Gasteiger partial charge is 0.223 e. The Kier molecular flexibility index (Phi) is 8.42. The molecular weight excluding hydrogens is 312 g/mol. The second kappa shape index (κ2) is 9.78. The number of rotatable bonds is 6. The number of halogens is 1. The highest BCUT2D eigenvalue weighted by Crippen LogP contribution is 2.26. The first-order valence-electron chi connectivity index (χ1n) is 8.33. The normalized spacial score (nSPS) is 20.7. The molecule has 5 heteroatoms. The number of amides is 1. The first kappa shape index (κ1) is 19.8. The number of nitrogens with two attached hydrogens (primary N) is 1. The van der Waals surface area contributed by atoms with E-state index in [-0.39, 0.29) is 30.3 Å². The van der Waals surface area contributed by atoms with Gasteiger partial charge in [-0.3, -0.25) is 4.79 Å². The van der Waals surface area contributed by atoms with Gasteiger partial charge in [0.25, 0.3) is 0 Å². The number of hydrogen-bond acceptors (Lipinski definition) is 3. The summed E-state index contributed by atoms with van der Waals surface area (Å²) < 4.78 is 5.82. The quantitative estimate of drug-likeness (QED) is 0.781. The van der Waals surface area contributed by atoms with E-state index in [4.69, 9.17) is 10.5 Å². The van der Waals surface area contributed by atoms with Gasteiger partial charge < -0.3 is 15.8 Å². The third kappa shape index (κ3) is 6.04. The number of carbonyl (C=O) groups excluding carboxylic acids is 1. The molecule has 1 aliphatic rings. The topological polar surface area (TPSA) is 64.3 Å². The molecule has 0 aromatic heterocycles. The monoisotopic (exact) mass is 340 g/mol. The Bertz CT molecular complexity index is 494. The maximum Gasteiger partial charge on any atom is 0.223 e.